The van der Waals surface area contributed by atoms with E-state index >= 15 is 0 Å². The van der Waals surface area contributed by atoms with Crippen LogP contribution in [0.15, 0.2) is 24.5 Å². The van der Waals surface area contributed by atoms with Gasteiger partial charge in [0.15, 0.2) is 6.61 Å². The number of hydrogen-bond acceptors (Lipinski definition) is 1. The van der Waals surface area contributed by atoms with E-state index in [-0.39, 0.29) is 0 Å². The zero-order valence-corrected chi connectivity index (χ0v) is 6.37. The molecule has 0 spiro atoms. The van der Waals surface area contributed by atoms with E-state index < -0.39 is 0 Å². The van der Waals surface area contributed by atoms with Crippen LogP contribution in [-0.4, -0.2) is 6.61 Å². The van der Waals surface area contributed by atoms with Crippen molar-refractivity contribution in [3.8, 4) is 0 Å². The second kappa shape index (κ2) is 3.20. The molecule has 1 aromatic rings. The highest BCUT2D eigenvalue weighted by Gasteiger charge is 1.96. The Morgan fingerprint density at radius 2 is 2.40 bits per heavy atom. The van der Waals surface area contributed by atoms with Crippen LogP contribution in [0.2, 0.25) is 0 Å². The van der Waals surface area contributed by atoms with Crippen LogP contribution < -0.4 is 9.57 Å². The van der Waals surface area contributed by atoms with E-state index in [1.807, 2.05) is 38.4 Å². The van der Waals surface area contributed by atoms with Crippen LogP contribution in [0.25, 0.3) is 0 Å². The van der Waals surface area contributed by atoms with E-state index in [9.17, 15) is 0 Å². The van der Waals surface area contributed by atoms with E-state index in [1.165, 1.54) is 5.56 Å². The molecule has 0 amide bonds. The lowest BCUT2D eigenvalue weighted by molar-refractivity contribution is -0.891. The molecule has 0 bridgehead atoms. The second-order valence-electron chi connectivity index (χ2n) is 2.16. The van der Waals surface area contributed by atoms with Gasteiger partial charge in [0, 0.05) is 16.4 Å². The first-order valence-electron chi connectivity index (χ1n) is 3.44. The largest absolute Gasteiger partial charge is 0.272 e. The van der Waals surface area contributed by atoms with Gasteiger partial charge in [-0.05, 0) is 19.9 Å². The summed E-state index contributed by atoms with van der Waals surface area (Å²) in [5, 5.41) is 0. The third-order valence-electron chi connectivity index (χ3n) is 1.20. The van der Waals surface area contributed by atoms with Crippen LogP contribution in [0.4, 0.5) is 0 Å². The van der Waals surface area contributed by atoms with E-state index in [4.69, 9.17) is 4.84 Å². The number of aromatic nitrogens is 1. The Labute approximate surface area is 61.0 Å². The molecule has 0 aromatic carbocycles. The summed E-state index contributed by atoms with van der Waals surface area (Å²) >= 11 is 0. The number of pyridine rings is 1. The van der Waals surface area contributed by atoms with Crippen molar-refractivity contribution in [2.24, 2.45) is 0 Å². The molecule has 0 aliphatic rings. The van der Waals surface area contributed by atoms with Crippen LogP contribution in [-0.2, 0) is 0 Å². The maximum Gasteiger partial charge on any atom is 0.225 e. The molecule has 2 nitrogen and oxygen atoms in total. The minimum Gasteiger partial charge on any atom is -0.272 e. The van der Waals surface area contributed by atoms with Gasteiger partial charge in [0.1, 0.15) is 0 Å². The SMILES string of the molecule is CCO[n+]1cccc(C)c1. The monoisotopic (exact) mass is 138 g/mol. The molecule has 0 fully saturated rings. The summed E-state index contributed by atoms with van der Waals surface area (Å²) in [7, 11) is 0. The fourth-order valence-electron chi connectivity index (χ4n) is 0.796. The summed E-state index contributed by atoms with van der Waals surface area (Å²) in [4.78, 5) is 5.20. The molecule has 0 N–H and O–H groups in total. The van der Waals surface area contributed by atoms with Crippen molar-refractivity contribution in [1.29, 1.82) is 0 Å². The Kier molecular flexibility index (Phi) is 2.26. The molecular formula is C8H12NO+. The van der Waals surface area contributed by atoms with Gasteiger partial charge >= 0.3 is 0 Å². The van der Waals surface area contributed by atoms with Crippen molar-refractivity contribution in [2.75, 3.05) is 6.61 Å². The lowest BCUT2D eigenvalue weighted by Crippen LogP contribution is -2.41. The molecule has 54 valence electrons. The fourth-order valence-corrected chi connectivity index (χ4v) is 0.796. The van der Waals surface area contributed by atoms with E-state index in [1.54, 1.807) is 4.73 Å². The van der Waals surface area contributed by atoms with Crippen LogP contribution in [0.5, 0.6) is 0 Å². The van der Waals surface area contributed by atoms with Gasteiger partial charge in [0.25, 0.3) is 0 Å². The third-order valence-corrected chi connectivity index (χ3v) is 1.20. The topological polar surface area (TPSA) is 13.1 Å². The van der Waals surface area contributed by atoms with Gasteiger partial charge in [-0.1, -0.05) is 0 Å². The third kappa shape index (κ3) is 1.72. The zero-order valence-electron chi connectivity index (χ0n) is 6.37. The number of aryl methyl sites for hydroxylation is 1. The number of nitrogens with zero attached hydrogens (tertiary/aromatic N) is 1. The standard InChI is InChI=1S/C8H12NO/c1-3-10-9-6-4-5-8(2)7-9/h4-7H,3H2,1-2H3/q+1. The van der Waals surface area contributed by atoms with E-state index in [0.29, 0.717) is 6.61 Å². The van der Waals surface area contributed by atoms with Gasteiger partial charge < -0.3 is 0 Å². The zero-order chi connectivity index (χ0) is 7.40. The van der Waals surface area contributed by atoms with Crippen LogP contribution >= 0.6 is 0 Å². The Morgan fingerprint density at radius 3 is 3.00 bits per heavy atom. The van der Waals surface area contributed by atoms with Gasteiger partial charge in [0.2, 0.25) is 12.4 Å². The summed E-state index contributed by atoms with van der Waals surface area (Å²) in [6, 6.07) is 4.00. The van der Waals surface area contributed by atoms with E-state index in [2.05, 4.69) is 0 Å². The van der Waals surface area contributed by atoms with Gasteiger partial charge in [0.05, 0.1) is 0 Å². The first-order valence-corrected chi connectivity index (χ1v) is 3.44. The van der Waals surface area contributed by atoms with E-state index in [0.717, 1.165) is 0 Å². The highest BCUT2D eigenvalue weighted by Crippen LogP contribution is 1.87. The van der Waals surface area contributed by atoms with Crippen molar-refractivity contribution in [3.63, 3.8) is 0 Å². The Morgan fingerprint density at radius 1 is 1.60 bits per heavy atom. The first kappa shape index (κ1) is 7.06. The maximum atomic E-state index is 5.20. The average molecular weight is 138 g/mol. The molecule has 1 rings (SSSR count). The summed E-state index contributed by atoms with van der Waals surface area (Å²) in [5.41, 5.74) is 1.20. The molecular weight excluding hydrogens is 126 g/mol. The Hall–Kier alpha value is -1.05. The summed E-state index contributed by atoms with van der Waals surface area (Å²) < 4.78 is 1.72. The fraction of sp³-hybridized carbons (Fsp3) is 0.375. The molecule has 0 saturated heterocycles. The summed E-state index contributed by atoms with van der Waals surface area (Å²) in [6.07, 6.45) is 3.83. The Bertz CT molecular complexity index is 210. The molecule has 0 radical (unpaired) electrons. The number of hydrogen-bond donors (Lipinski definition) is 0. The quantitative estimate of drug-likeness (QED) is 0.549. The van der Waals surface area contributed by atoms with Crippen molar-refractivity contribution < 1.29 is 9.57 Å². The molecule has 0 aliphatic heterocycles. The molecule has 0 atom stereocenters. The molecule has 1 aromatic heterocycles. The van der Waals surface area contributed by atoms with Gasteiger partial charge in [-0.2, -0.15) is 0 Å². The second-order valence-corrected chi connectivity index (χ2v) is 2.16. The van der Waals surface area contributed by atoms with Crippen molar-refractivity contribution in [2.45, 2.75) is 13.8 Å². The highest BCUT2D eigenvalue weighted by atomic mass is 16.7. The minimum atomic E-state index is 0.702. The Balaban J connectivity index is 2.75. The van der Waals surface area contributed by atoms with Crippen molar-refractivity contribution in [3.05, 3.63) is 30.1 Å². The molecule has 10 heavy (non-hydrogen) atoms. The predicted octanol–water partition coefficient (Wildman–Crippen LogP) is 0.731. The average Bonchev–Trinajstić information content (AvgIpc) is 1.88. The molecule has 0 aliphatic carbocycles. The molecule has 0 saturated carbocycles. The summed E-state index contributed by atoms with van der Waals surface area (Å²) in [5.74, 6) is 0. The molecule has 2 heteroatoms. The van der Waals surface area contributed by atoms with Gasteiger partial charge in [-0.3, -0.25) is 4.84 Å². The normalized spacial score (nSPS) is 9.40. The molecule has 0 unspecified atom stereocenters. The smallest absolute Gasteiger partial charge is 0.225 e. The minimum absolute atomic E-state index is 0.702. The van der Waals surface area contributed by atoms with Crippen LogP contribution in [0.1, 0.15) is 12.5 Å². The van der Waals surface area contributed by atoms with Gasteiger partial charge in [-0.25, -0.2) is 0 Å². The maximum absolute atomic E-state index is 5.20. The lowest BCUT2D eigenvalue weighted by Gasteiger charge is -1.92. The predicted molar refractivity (Wildman–Crippen MR) is 38.5 cm³/mol. The van der Waals surface area contributed by atoms with Crippen molar-refractivity contribution >= 4 is 0 Å². The van der Waals surface area contributed by atoms with Crippen LogP contribution in [0, 0.1) is 6.92 Å². The van der Waals surface area contributed by atoms with Crippen LogP contribution in [0.3, 0.4) is 0 Å². The first-order chi connectivity index (χ1) is 4.83. The van der Waals surface area contributed by atoms with Gasteiger partial charge in [-0.15, -0.1) is 0 Å². The highest BCUT2D eigenvalue weighted by molar-refractivity contribution is 5.00. The van der Waals surface area contributed by atoms with Crippen molar-refractivity contribution in [1.82, 2.24) is 0 Å². The molecule has 1 heterocycles. The lowest BCUT2D eigenvalue weighted by atomic mass is 10.3. The number of rotatable bonds is 2. The summed E-state index contributed by atoms with van der Waals surface area (Å²) in [6.45, 7) is 4.71.